The summed E-state index contributed by atoms with van der Waals surface area (Å²) in [7, 11) is 1.62. The molecular weight excluding hydrogens is 372 g/mol. The van der Waals surface area contributed by atoms with E-state index in [1.165, 1.54) is 4.90 Å². The van der Waals surface area contributed by atoms with Gasteiger partial charge in [-0.25, -0.2) is 4.79 Å². The van der Waals surface area contributed by atoms with Crippen molar-refractivity contribution in [2.45, 2.75) is 45.4 Å². The van der Waals surface area contributed by atoms with Crippen LogP contribution in [0, 0.1) is 0 Å². The van der Waals surface area contributed by atoms with E-state index in [2.05, 4.69) is 10.4 Å². The molecule has 156 valence electrons. The minimum atomic E-state index is -0.767. The zero-order valence-electron chi connectivity index (χ0n) is 17.3. The third kappa shape index (κ3) is 5.14. The van der Waals surface area contributed by atoms with Gasteiger partial charge in [0.05, 0.1) is 25.0 Å². The number of nitrogens with zero attached hydrogens (tertiary/aromatic N) is 3. The Bertz CT molecular complexity index is 872. The third-order valence-corrected chi connectivity index (χ3v) is 4.59. The monoisotopic (exact) mass is 400 g/mol. The first-order valence-electron chi connectivity index (χ1n) is 9.68. The highest BCUT2D eigenvalue weighted by Gasteiger charge is 2.38. The van der Waals surface area contributed by atoms with Crippen LogP contribution in [-0.2, 0) is 27.2 Å². The molecule has 0 saturated carbocycles. The molecule has 1 aromatic heterocycles. The van der Waals surface area contributed by atoms with Crippen molar-refractivity contribution in [1.29, 1.82) is 0 Å². The van der Waals surface area contributed by atoms with E-state index in [0.717, 1.165) is 11.1 Å². The van der Waals surface area contributed by atoms with Gasteiger partial charge in [-0.3, -0.25) is 14.4 Å². The number of methoxy groups -OCH3 is 1. The number of nitrogens with one attached hydrogen (secondary N) is 1. The average Bonchev–Trinajstić information content (AvgIpc) is 3.11. The van der Waals surface area contributed by atoms with Gasteiger partial charge in [-0.2, -0.15) is 5.10 Å². The van der Waals surface area contributed by atoms with Crippen LogP contribution >= 0.6 is 0 Å². The van der Waals surface area contributed by atoms with Crippen LogP contribution in [-0.4, -0.2) is 52.5 Å². The molecule has 2 amide bonds. The zero-order chi connectivity index (χ0) is 21.0. The summed E-state index contributed by atoms with van der Waals surface area (Å²) in [5.74, 6) is -0.297. The van der Waals surface area contributed by atoms with E-state index in [1.54, 1.807) is 24.2 Å². The highest BCUT2D eigenvalue weighted by molar-refractivity contribution is 5.97. The Balaban J connectivity index is 1.83. The predicted molar refractivity (Wildman–Crippen MR) is 109 cm³/mol. The minimum absolute atomic E-state index is 0.297. The molecule has 0 unspecified atom stereocenters. The zero-order valence-corrected chi connectivity index (χ0v) is 17.3. The Labute approximate surface area is 170 Å². The highest BCUT2D eigenvalue weighted by Crippen LogP contribution is 2.32. The first-order valence-corrected chi connectivity index (χ1v) is 9.68. The number of hydrogen-bond donors (Lipinski definition) is 1. The lowest BCUT2D eigenvalue weighted by atomic mass is 9.92. The lowest BCUT2D eigenvalue weighted by molar-refractivity contribution is -0.121. The Kier molecular flexibility index (Phi) is 6.22. The number of ether oxygens (including phenoxy) is 2. The third-order valence-electron chi connectivity index (χ3n) is 4.59. The molecule has 0 saturated heterocycles. The molecule has 8 heteroatoms. The van der Waals surface area contributed by atoms with Crippen molar-refractivity contribution in [3.8, 4) is 0 Å². The molecule has 1 aliphatic rings. The lowest BCUT2D eigenvalue weighted by Crippen LogP contribution is -2.47. The molecule has 29 heavy (non-hydrogen) atoms. The number of amides is 2. The van der Waals surface area contributed by atoms with Crippen LogP contribution in [0.15, 0.2) is 36.7 Å². The number of hydrogen-bond acceptors (Lipinski definition) is 5. The maximum Gasteiger partial charge on any atom is 0.411 e. The van der Waals surface area contributed by atoms with E-state index in [4.69, 9.17) is 9.47 Å². The summed E-state index contributed by atoms with van der Waals surface area (Å²) < 4.78 is 12.3. The number of aromatic nitrogens is 2. The molecule has 0 radical (unpaired) electrons. The van der Waals surface area contributed by atoms with E-state index in [1.807, 2.05) is 45.0 Å². The van der Waals surface area contributed by atoms with Crippen molar-refractivity contribution in [2.24, 2.45) is 0 Å². The van der Waals surface area contributed by atoms with Crippen LogP contribution in [0.4, 0.5) is 10.5 Å². The van der Waals surface area contributed by atoms with Crippen LogP contribution in [0.5, 0.6) is 0 Å². The van der Waals surface area contributed by atoms with Crippen LogP contribution in [0.25, 0.3) is 0 Å². The topological polar surface area (TPSA) is 85.7 Å². The summed E-state index contributed by atoms with van der Waals surface area (Å²) in [5.41, 5.74) is 1.80. The molecule has 2 heterocycles. The molecule has 1 aromatic carbocycles. The second-order valence-electron chi connectivity index (χ2n) is 8.00. The molecule has 1 atom stereocenters. The van der Waals surface area contributed by atoms with E-state index >= 15 is 0 Å². The molecule has 8 nitrogen and oxygen atoms in total. The number of carbonyl (C=O) groups is 2. The Hall–Kier alpha value is -2.87. The van der Waals surface area contributed by atoms with Crippen LogP contribution in [0.3, 0.4) is 0 Å². The van der Waals surface area contributed by atoms with Crippen LogP contribution in [0.2, 0.25) is 0 Å². The number of carbonyl (C=O) groups excluding carboxylic acids is 2. The fourth-order valence-corrected chi connectivity index (χ4v) is 3.31. The molecule has 0 fully saturated rings. The first-order chi connectivity index (χ1) is 13.8. The Morgan fingerprint density at radius 1 is 1.28 bits per heavy atom. The summed E-state index contributed by atoms with van der Waals surface area (Å²) in [6, 6.07) is 6.93. The molecule has 2 aromatic rings. The van der Waals surface area contributed by atoms with Crippen molar-refractivity contribution >= 4 is 17.7 Å². The normalized spacial score (nSPS) is 16.3. The van der Waals surface area contributed by atoms with E-state index < -0.39 is 17.7 Å². The van der Waals surface area contributed by atoms with Gasteiger partial charge in [0, 0.05) is 19.9 Å². The van der Waals surface area contributed by atoms with Crippen molar-refractivity contribution in [1.82, 2.24) is 14.7 Å². The number of benzene rings is 1. The maximum atomic E-state index is 13.2. The van der Waals surface area contributed by atoms with Crippen molar-refractivity contribution in [2.75, 3.05) is 25.6 Å². The van der Waals surface area contributed by atoms with Gasteiger partial charge in [-0.15, -0.1) is 0 Å². The second-order valence-corrected chi connectivity index (χ2v) is 8.00. The summed E-state index contributed by atoms with van der Waals surface area (Å²) in [5, 5.41) is 7.10. The SMILES string of the molecule is COCCn1cc(NC(=O)[C@@H]2c3ccccc3CCN2C(=O)OC(C)(C)C)cn1. The number of anilines is 1. The summed E-state index contributed by atoms with van der Waals surface area (Å²) in [4.78, 5) is 27.5. The van der Waals surface area contributed by atoms with E-state index in [0.29, 0.717) is 31.8 Å². The quantitative estimate of drug-likeness (QED) is 0.834. The molecule has 1 aliphatic heterocycles. The van der Waals surface area contributed by atoms with Crippen LogP contribution < -0.4 is 5.32 Å². The van der Waals surface area contributed by atoms with E-state index in [9.17, 15) is 9.59 Å². The molecule has 0 aliphatic carbocycles. The van der Waals surface area contributed by atoms with Gasteiger partial charge >= 0.3 is 6.09 Å². The molecule has 3 rings (SSSR count). The van der Waals surface area contributed by atoms with Crippen molar-refractivity contribution in [3.05, 3.63) is 47.8 Å². The Morgan fingerprint density at radius 2 is 2.03 bits per heavy atom. The standard InChI is InChI=1S/C21H28N4O4/c1-21(2,3)29-20(27)25-10-9-15-7-5-6-8-17(15)18(25)19(26)23-16-13-22-24(14-16)11-12-28-4/h5-8,13-14,18H,9-12H2,1-4H3,(H,23,26)/t18-/m0/s1. The number of fused-ring (bicyclic) bond motifs is 1. The van der Waals surface area contributed by atoms with Gasteiger partial charge in [0.1, 0.15) is 11.6 Å². The smallest absolute Gasteiger partial charge is 0.411 e. The summed E-state index contributed by atoms with van der Waals surface area (Å²) >= 11 is 0. The fraction of sp³-hybridized carbons (Fsp3) is 0.476. The van der Waals surface area contributed by atoms with Gasteiger partial charge in [0.15, 0.2) is 0 Å². The lowest BCUT2D eigenvalue weighted by Gasteiger charge is -2.37. The minimum Gasteiger partial charge on any atom is -0.444 e. The van der Waals surface area contributed by atoms with Gasteiger partial charge in [0.2, 0.25) is 0 Å². The highest BCUT2D eigenvalue weighted by atomic mass is 16.6. The maximum absolute atomic E-state index is 13.2. The van der Waals surface area contributed by atoms with E-state index in [-0.39, 0.29) is 5.91 Å². The second kappa shape index (κ2) is 8.65. The largest absolute Gasteiger partial charge is 0.444 e. The fourth-order valence-electron chi connectivity index (χ4n) is 3.31. The molecule has 1 N–H and O–H groups in total. The Morgan fingerprint density at radius 3 is 2.76 bits per heavy atom. The summed E-state index contributed by atoms with van der Waals surface area (Å²) in [6.45, 7) is 6.96. The van der Waals surface area contributed by atoms with Gasteiger partial charge in [0.25, 0.3) is 5.91 Å². The predicted octanol–water partition coefficient (Wildman–Crippen LogP) is 3.00. The number of rotatable bonds is 5. The molecule has 0 spiro atoms. The first kappa shape index (κ1) is 20.9. The molecule has 0 bridgehead atoms. The van der Waals surface area contributed by atoms with Crippen molar-refractivity contribution < 1.29 is 19.1 Å². The summed E-state index contributed by atoms with van der Waals surface area (Å²) in [6.07, 6.45) is 3.50. The van der Waals surface area contributed by atoms with Gasteiger partial charge in [-0.1, -0.05) is 24.3 Å². The van der Waals surface area contributed by atoms with Crippen LogP contribution in [0.1, 0.15) is 37.9 Å². The molecular formula is C21H28N4O4. The average molecular weight is 400 g/mol. The van der Waals surface area contributed by atoms with Gasteiger partial charge in [-0.05, 0) is 38.3 Å². The van der Waals surface area contributed by atoms with Crippen molar-refractivity contribution in [3.63, 3.8) is 0 Å². The van der Waals surface area contributed by atoms with Gasteiger partial charge < -0.3 is 14.8 Å².